The molecule has 0 spiro atoms. The van der Waals surface area contributed by atoms with Gasteiger partial charge in [0.25, 0.3) is 5.91 Å². The number of H-pyrrole nitrogens is 1. The van der Waals surface area contributed by atoms with E-state index in [0.717, 1.165) is 11.3 Å². The van der Waals surface area contributed by atoms with E-state index in [1.165, 1.54) is 0 Å². The summed E-state index contributed by atoms with van der Waals surface area (Å²) < 4.78 is 0. The van der Waals surface area contributed by atoms with Gasteiger partial charge in [0.2, 0.25) is 5.91 Å². The van der Waals surface area contributed by atoms with Crippen LogP contribution in [0.15, 0.2) is 40.5 Å². The average molecular weight is 333 g/mol. The van der Waals surface area contributed by atoms with Crippen molar-refractivity contribution < 1.29 is 9.59 Å². The number of aromatic nitrogens is 1. The molecule has 2 amide bonds. The molecule has 0 bridgehead atoms. The number of nitrogens with one attached hydrogen (secondary N) is 3. The normalized spacial score (nSPS) is 12.0. The highest BCUT2D eigenvalue weighted by molar-refractivity contribution is 7.07. The molecule has 1 aromatic heterocycles. The van der Waals surface area contributed by atoms with E-state index < -0.39 is 6.04 Å². The molecule has 0 fully saturated rings. The minimum Gasteiger partial charge on any atom is -0.349 e. The molecule has 0 saturated heterocycles. The molecule has 6 nitrogen and oxygen atoms in total. The Morgan fingerprint density at radius 1 is 1.22 bits per heavy atom. The summed E-state index contributed by atoms with van der Waals surface area (Å²) in [7, 11) is 0. The van der Waals surface area contributed by atoms with E-state index in [9.17, 15) is 14.4 Å². The minimum atomic E-state index is -0.645. The third-order valence-corrected chi connectivity index (χ3v) is 4.01. The van der Waals surface area contributed by atoms with Crippen LogP contribution in [-0.4, -0.2) is 22.8 Å². The lowest BCUT2D eigenvalue weighted by molar-refractivity contribution is -0.124. The third-order valence-electron chi connectivity index (χ3n) is 3.30. The highest BCUT2D eigenvalue weighted by Gasteiger charge is 2.24. The van der Waals surface area contributed by atoms with Gasteiger partial charge < -0.3 is 15.6 Å². The number of carbonyl (C=O) groups is 2. The molecule has 2 aromatic rings. The predicted octanol–water partition coefficient (Wildman–Crippen LogP) is 1.51. The summed E-state index contributed by atoms with van der Waals surface area (Å²) in [6.45, 7) is 3.95. The molecule has 0 aliphatic heterocycles. The summed E-state index contributed by atoms with van der Waals surface area (Å²) in [5.41, 5.74) is 1.15. The molecule has 1 unspecified atom stereocenters. The van der Waals surface area contributed by atoms with Crippen LogP contribution in [0.1, 0.15) is 29.9 Å². The Labute approximate surface area is 137 Å². The summed E-state index contributed by atoms with van der Waals surface area (Å²) >= 11 is 1.05. The monoisotopic (exact) mass is 333 g/mol. The minimum absolute atomic E-state index is 0.0656. The zero-order chi connectivity index (χ0) is 16.8. The van der Waals surface area contributed by atoms with Gasteiger partial charge in [0.1, 0.15) is 6.04 Å². The lowest BCUT2D eigenvalue weighted by atomic mass is 10.0. The van der Waals surface area contributed by atoms with Crippen LogP contribution < -0.4 is 15.5 Å². The molecular weight excluding hydrogens is 314 g/mol. The molecule has 0 radical (unpaired) electrons. The molecule has 0 aliphatic rings. The first-order valence-corrected chi connectivity index (χ1v) is 8.15. The van der Waals surface area contributed by atoms with Crippen LogP contribution in [0.25, 0.3) is 0 Å². The maximum atomic E-state index is 12.3. The van der Waals surface area contributed by atoms with Crippen LogP contribution in [0.5, 0.6) is 0 Å². The van der Waals surface area contributed by atoms with Gasteiger partial charge in [-0.15, -0.1) is 0 Å². The number of carbonyl (C=O) groups excluding carboxylic acids is 2. The standard InChI is InChI=1S/C16H19N3O3S/c1-10(2)13(19-14(20)11-6-4-3-5-7-11)15(21)17-8-12-9-23-16(22)18-12/h3-7,9-10,13H,8H2,1-2H3,(H,17,21)(H,18,22)(H,19,20). The zero-order valence-corrected chi connectivity index (χ0v) is 13.8. The van der Waals surface area contributed by atoms with E-state index in [0.29, 0.717) is 11.3 Å². The molecule has 1 heterocycles. The van der Waals surface area contributed by atoms with E-state index in [-0.39, 0.29) is 29.1 Å². The summed E-state index contributed by atoms with van der Waals surface area (Å²) in [5, 5.41) is 7.15. The second-order valence-corrected chi connectivity index (χ2v) is 6.29. The van der Waals surface area contributed by atoms with Crippen LogP contribution in [0, 0.1) is 5.92 Å². The summed E-state index contributed by atoms with van der Waals surface area (Å²) in [6.07, 6.45) is 0. The molecule has 3 N–H and O–H groups in total. The van der Waals surface area contributed by atoms with Gasteiger partial charge in [-0.05, 0) is 18.1 Å². The highest BCUT2D eigenvalue weighted by atomic mass is 32.1. The van der Waals surface area contributed by atoms with Crippen molar-refractivity contribution in [2.75, 3.05) is 0 Å². The number of benzene rings is 1. The van der Waals surface area contributed by atoms with E-state index in [4.69, 9.17) is 0 Å². The topological polar surface area (TPSA) is 91.1 Å². The first-order valence-electron chi connectivity index (χ1n) is 7.27. The van der Waals surface area contributed by atoms with Gasteiger partial charge >= 0.3 is 4.87 Å². The maximum absolute atomic E-state index is 12.3. The van der Waals surface area contributed by atoms with Crippen LogP contribution in [0.4, 0.5) is 0 Å². The number of aromatic amines is 1. The SMILES string of the molecule is CC(C)C(NC(=O)c1ccccc1)C(=O)NCc1csc(=O)[nH]1. The van der Waals surface area contributed by atoms with E-state index in [1.807, 2.05) is 19.9 Å². The second kappa shape index (κ2) is 7.73. The van der Waals surface area contributed by atoms with Crippen molar-refractivity contribution >= 4 is 23.2 Å². The van der Waals surface area contributed by atoms with Crippen LogP contribution in [0.2, 0.25) is 0 Å². The Morgan fingerprint density at radius 3 is 2.48 bits per heavy atom. The molecule has 23 heavy (non-hydrogen) atoms. The van der Waals surface area contributed by atoms with Gasteiger partial charge in [-0.25, -0.2) is 0 Å². The van der Waals surface area contributed by atoms with E-state index in [1.54, 1.807) is 29.6 Å². The Hall–Kier alpha value is -2.41. The largest absolute Gasteiger partial charge is 0.349 e. The molecule has 122 valence electrons. The maximum Gasteiger partial charge on any atom is 0.304 e. The van der Waals surface area contributed by atoms with Crippen LogP contribution in [-0.2, 0) is 11.3 Å². The third kappa shape index (κ3) is 4.79. The summed E-state index contributed by atoms with van der Waals surface area (Å²) in [4.78, 5) is 38.1. The van der Waals surface area contributed by atoms with Crippen molar-refractivity contribution in [3.8, 4) is 0 Å². The van der Waals surface area contributed by atoms with Gasteiger partial charge in [0.15, 0.2) is 0 Å². The average Bonchev–Trinajstić information content (AvgIpc) is 2.96. The first kappa shape index (κ1) is 17.0. The Bertz CT molecular complexity index is 721. The molecule has 7 heteroatoms. The molecule has 0 aliphatic carbocycles. The number of rotatable bonds is 6. The molecule has 1 atom stereocenters. The van der Waals surface area contributed by atoms with E-state index in [2.05, 4.69) is 15.6 Å². The fraction of sp³-hybridized carbons (Fsp3) is 0.312. The zero-order valence-electron chi connectivity index (χ0n) is 13.0. The van der Waals surface area contributed by atoms with Crippen molar-refractivity contribution in [1.29, 1.82) is 0 Å². The van der Waals surface area contributed by atoms with Gasteiger partial charge in [0.05, 0.1) is 6.54 Å². The van der Waals surface area contributed by atoms with Crippen molar-refractivity contribution in [2.45, 2.75) is 26.4 Å². The second-order valence-electron chi connectivity index (χ2n) is 5.45. The first-order chi connectivity index (χ1) is 11.0. The number of hydrogen-bond acceptors (Lipinski definition) is 4. The van der Waals surface area contributed by atoms with Gasteiger partial charge in [-0.3, -0.25) is 14.4 Å². The van der Waals surface area contributed by atoms with Gasteiger partial charge in [-0.2, -0.15) is 0 Å². The van der Waals surface area contributed by atoms with Crippen molar-refractivity contribution in [3.05, 3.63) is 56.6 Å². The number of hydrogen-bond donors (Lipinski definition) is 3. The fourth-order valence-electron chi connectivity index (χ4n) is 2.04. The predicted molar refractivity (Wildman–Crippen MR) is 89.3 cm³/mol. The highest BCUT2D eigenvalue weighted by Crippen LogP contribution is 2.06. The quantitative estimate of drug-likeness (QED) is 0.748. The summed E-state index contributed by atoms with van der Waals surface area (Å²) in [5.74, 6) is -0.635. The van der Waals surface area contributed by atoms with Crippen LogP contribution >= 0.6 is 11.3 Å². The van der Waals surface area contributed by atoms with Gasteiger partial charge in [0, 0.05) is 16.6 Å². The number of amides is 2. The molecular formula is C16H19N3O3S. The lowest BCUT2D eigenvalue weighted by Crippen LogP contribution is -2.49. The van der Waals surface area contributed by atoms with Crippen molar-refractivity contribution in [1.82, 2.24) is 15.6 Å². The smallest absolute Gasteiger partial charge is 0.304 e. The number of thiazole rings is 1. The molecule has 2 rings (SSSR count). The Morgan fingerprint density at radius 2 is 1.91 bits per heavy atom. The van der Waals surface area contributed by atoms with Crippen LogP contribution in [0.3, 0.4) is 0 Å². The summed E-state index contributed by atoms with van der Waals surface area (Å²) in [6, 6.07) is 8.11. The Kier molecular flexibility index (Phi) is 5.70. The van der Waals surface area contributed by atoms with Gasteiger partial charge in [-0.1, -0.05) is 43.4 Å². The molecule has 0 saturated carbocycles. The molecule has 1 aromatic carbocycles. The van der Waals surface area contributed by atoms with Crippen molar-refractivity contribution in [3.63, 3.8) is 0 Å². The fourth-order valence-corrected chi connectivity index (χ4v) is 2.62. The van der Waals surface area contributed by atoms with Crippen molar-refractivity contribution in [2.24, 2.45) is 5.92 Å². The lowest BCUT2D eigenvalue weighted by Gasteiger charge is -2.21. The Balaban J connectivity index is 1.98. The van der Waals surface area contributed by atoms with E-state index >= 15 is 0 Å².